The van der Waals surface area contributed by atoms with Gasteiger partial charge in [-0.25, -0.2) is 0 Å². The molecular formula is C22H48NO4P. The smallest absolute Gasteiger partial charge is 0.180 e. The van der Waals surface area contributed by atoms with E-state index in [9.17, 15) is 14.8 Å². The van der Waals surface area contributed by atoms with Crippen molar-refractivity contribution in [2.24, 2.45) is 0 Å². The fourth-order valence-electron chi connectivity index (χ4n) is 4.16. The molecule has 0 aliphatic rings. The van der Waals surface area contributed by atoms with Crippen molar-refractivity contribution in [2.45, 2.75) is 109 Å². The Morgan fingerprint density at radius 2 is 1.18 bits per heavy atom. The van der Waals surface area contributed by atoms with Crippen LogP contribution in [-0.2, 0) is 9.09 Å². The van der Waals surface area contributed by atoms with Crippen molar-refractivity contribution >= 4 is 8.69 Å². The van der Waals surface area contributed by atoms with Crippen LogP contribution in [0, 0.1) is 0 Å². The minimum Gasteiger partial charge on any atom is -0.395 e. The Balaban J connectivity index is 4.94. The summed E-state index contributed by atoms with van der Waals surface area (Å²) in [4.78, 5) is 2.19. The van der Waals surface area contributed by atoms with Gasteiger partial charge in [0.25, 0.3) is 0 Å². The summed E-state index contributed by atoms with van der Waals surface area (Å²) in [5, 5.41) is 19.1. The second kappa shape index (κ2) is 20.3. The van der Waals surface area contributed by atoms with Crippen molar-refractivity contribution < 1.29 is 19.3 Å². The van der Waals surface area contributed by atoms with Crippen LogP contribution < -0.4 is 0 Å². The number of unbranched alkanes of at least 4 members (excludes halogenated alkanes) is 10. The number of nitrogens with zero attached hydrogens (tertiary/aromatic N) is 1. The summed E-state index contributed by atoms with van der Waals surface area (Å²) in [6.07, 6.45) is 16.8. The van der Waals surface area contributed by atoms with Crippen LogP contribution in [0.5, 0.6) is 0 Å². The molecule has 1 atom stereocenters. The predicted molar refractivity (Wildman–Crippen MR) is 121 cm³/mol. The molecule has 6 heteroatoms. The van der Waals surface area contributed by atoms with E-state index in [0.29, 0.717) is 19.7 Å². The molecule has 0 amide bonds. The van der Waals surface area contributed by atoms with Crippen LogP contribution in [0.1, 0.15) is 104 Å². The third-order valence-corrected chi connectivity index (χ3v) is 6.12. The van der Waals surface area contributed by atoms with Crippen LogP contribution in [0.2, 0.25) is 0 Å². The maximum Gasteiger partial charge on any atom is 0.180 e. The molecule has 2 N–H and O–H groups in total. The molecule has 0 rings (SSSR count). The van der Waals surface area contributed by atoms with Gasteiger partial charge < -0.3 is 14.7 Å². The third kappa shape index (κ3) is 13.3. The summed E-state index contributed by atoms with van der Waals surface area (Å²) in [6.45, 7) is 6.10. The molecule has 0 aliphatic carbocycles. The highest BCUT2D eigenvalue weighted by Crippen LogP contribution is 2.31. The first-order chi connectivity index (χ1) is 13.7. The molecule has 0 heterocycles. The van der Waals surface area contributed by atoms with Crippen LogP contribution in [-0.4, -0.2) is 53.6 Å². The van der Waals surface area contributed by atoms with Gasteiger partial charge in [0, 0.05) is 18.6 Å². The molecule has 0 saturated carbocycles. The van der Waals surface area contributed by atoms with E-state index in [4.69, 9.17) is 4.52 Å². The Morgan fingerprint density at radius 1 is 0.750 bits per heavy atom. The lowest BCUT2D eigenvalue weighted by atomic mass is 9.84. The van der Waals surface area contributed by atoms with Crippen molar-refractivity contribution in [3.8, 4) is 0 Å². The minimum atomic E-state index is -1.23. The quantitative estimate of drug-likeness (QED) is 0.186. The molecule has 0 saturated heterocycles. The average molecular weight is 422 g/mol. The molecular weight excluding hydrogens is 373 g/mol. The van der Waals surface area contributed by atoms with Crippen molar-refractivity contribution in [1.82, 2.24) is 4.90 Å². The van der Waals surface area contributed by atoms with Crippen LogP contribution in [0.15, 0.2) is 0 Å². The van der Waals surface area contributed by atoms with E-state index in [1.54, 1.807) is 0 Å². The fourth-order valence-corrected chi connectivity index (χ4v) is 4.54. The van der Waals surface area contributed by atoms with Gasteiger partial charge in [0.2, 0.25) is 0 Å². The van der Waals surface area contributed by atoms with Crippen molar-refractivity contribution in [3.05, 3.63) is 0 Å². The largest absolute Gasteiger partial charge is 0.395 e. The zero-order chi connectivity index (χ0) is 20.9. The molecule has 0 radical (unpaired) electrons. The first-order valence-electron chi connectivity index (χ1n) is 11.7. The van der Waals surface area contributed by atoms with Crippen LogP contribution in [0.3, 0.4) is 0 Å². The zero-order valence-corrected chi connectivity index (χ0v) is 19.8. The average Bonchev–Trinajstić information content (AvgIpc) is 2.70. The highest BCUT2D eigenvalue weighted by molar-refractivity contribution is 7.17. The van der Waals surface area contributed by atoms with E-state index in [-0.39, 0.29) is 18.8 Å². The van der Waals surface area contributed by atoms with Crippen molar-refractivity contribution in [1.29, 1.82) is 0 Å². The number of hydrogen-bond acceptors (Lipinski definition) is 5. The molecule has 0 aromatic heterocycles. The Labute approximate surface area is 175 Å². The maximum absolute atomic E-state index is 11.2. The van der Waals surface area contributed by atoms with Gasteiger partial charge in [-0.1, -0.05) is 90.9 Å². The van der Waals surface area contributed by atoms with Crippen molar-refractivity contribution in [3.63, 3.8) is 0 Å². The van der Waals surface area contributed by atoms with Gasteiger partial charge >= 0.3 is 0 Å². The van der Waals surface area contributed by atoms with Gasteiger partial charge in [-0.2, -0.15) is 0 Å². The SMILES string of the molecule is CCCCCCCCC(CCCCCCCC)(CO[PH2]=O)N(CCO)CCO. The molecule has 0 spiro atoms. The lowest BCUT2D eigenvalue weighted by molar-refractivity contribution is 0.00292. The van der Waals surface area contributed by atoms with Gasteiger partial charge in [0.1, 0.15) is 0 Å². The number of aliphatic hydroxyl groups excluding tert-OH is 2. The number of aliphatic hydroxyl groups is 2. The fraction of sp³-hybridized carbons (Fsp3) is 1.00. The summed E-state index contributed by atoms with van der Waals surface area (Å²) in [5.74, 6) is 0. The lowest BCUT2D eigenvalue weighted by Crippen LogP contribution is -2.54. The van der Waals surface area contributed by atoms with Gasteiger partial charge in [-0.3, -0.25) is 9.46 Å². The summed E-state index contributed by atoms with van der Waals surface area (Å²) < 4.78 is 16.6. The third-order valence-electron chi connectivity index (χ3n) is 5.82. The van der Waals surface area contributed by atoms with E-state index in [1.165, 1.54) is 64.2 Å². The first kappa shape index (κ1) is 28.1. The molecule has 0 fully saturated rings. The van der Waals surface area contributed by atoms with E-state index in [2.05, 4.69) is 18.7 Å². The van der Waals surface area contributed by atoms with E-state index in [0.717, 1.165) is 25.7 Å². The summed E-state index contributed by atoms with van der Waals surface area (Å²) >= 11 is 0. The Morgan fingerprint density at radius 3 is 1.57 bits per heavy atom. The number of rotatable bonds is 22. The molecule has 0 aromatic carbocycles. The van der Waals surface area contributed by atoms with Gasteiger partial charge in [0.05, 0.1) is 19.8 Å². The zero-order valence-electron chi connectivity index (χ0n) is 18.7. The van der Waals surface area contributed by atoms with Crippen molar-refractivity contribution in [2.75, 3.05) is 32.9 Å². The molecule has 0 aliphatic heterocycles. The maximum atomic E-state index is 11.2. The number of β-amino-alcohol motifs (C(OH)–C–C–N with tert-alkyl or cyclic N) is 2. The van der Waals surface area contributed by atoms with Crippen LogP contribution in [0.4, 0.5) is 0 Å². The Kier molecular flexibility index (Phi) is 20.4. The normalized spacial score (nSPS) is 12.6. The molecule has 170 valence electrons. The van der Waals surface area contributed by atoms with E-state index >= 15 is 0 Å². The van der Waals surface area contributed by atoms with Gasteiger partial charge in [-0.05, 0) is 12.8 Å². The lowest BCUT2D eigenvalue weighted by Gasteiger charge is -2.44. The monoisotopic (exact) mass is 421 g/mol. The van der Waals surface area contributed by atoms with Gasteiger partial charge in [0.15, 0.2) is 8.69 Å². The Hall–Kier alpha value is 0.0700. The van der Waals surface area contributed by atoms with E-state index < -0.39 is 8.69 Å². The second-order valence-corrected chi connectivity index (χ2v) is 8.63. The molecule has 5 nitrogen and oxygen atoms in total. The Bertz CT molecular complexity index is 322. The summed E-state index contributed by atoms with van der Waals surface area (Å²) in [5.41, 5.74) is -0.224. The second-order valence-electron chi connectivity index (χ2n) is 8.10. The molecule has 0 bridgehead atoms. The number of hydrogen-bond donors (Lipinski definition) is 2. The highest BCUT2D eigenvalue weighted by atomic mass is 31.1. The topological polar surface area (TPSA) is 70.0 Å². The highest BCUT2D eigenvalue weighted by Gasteiger charge is 2.35. The first-order valence-corrected chi connectivity index (χ1v) is 12.7. The summed E-state index contributed by atoms with van der Waals surface area (Å²) in [6, 6.07) is 0. The van der Waals surface area contributed by atoms with Crippen LogP contribution in [0.25, 0.3) is 0 Å². The molecule has 28 heavy (non-hydrogen) atoms. The minimum absolute atomic E-state index is 0.0684. The van der Waals surface area contributed by atoms with Crippen LogP contribution >= 0.6 is 8.69 Å². The van der Waals surface area contributed by atoms with Gasteiger partial charge in [-0.15, -0.1) is 0 Å². The summed E-state index contributed by atoms with van der Waals surface area (Å²) in [7, 11) is -1.23. The van der Waals surface area contributed by atoms with E-state index in [1.807, 2.05) is 0 Å². The standard InChI is InChI=1S/C22H48NO4P/c1-3-5-7-9-11-13-15-22(21-27-28-26,23(17-19-24)18-20-25)16-14-12-10-8-6-4-2/h24-25H,3-21,28H2,1-2H3. The molecule has 1 unspecified atom stereocenters. The predicted octanol–water partition coefficient (Wildman–Crippen LogP) is 5.20. The molecule has 0 aromatic rings.